The summed E-state index contributed by atoms with van der Waals surface area (Å²) in [5.41, 5.74) is 6.21. The highest BCUT2D eigenvalue weighted by atomic mass is 16.5. The standard InChI is InChI=1S/C23H29NO3/c1-5-26-19-10-6-8-17(23(19)25-4)21-16-9-7-11-27-22(16)18-13-14(2)12-15(3)20(18)24-21/h6,8,10,12-13,16,21-22,24H,5,7,9,11H2,1-4H3/t16-,21?,22-/m0/s1. The molecule has 1 saturated heterocycles. The molecule has 2 aliphatic heterocycles. The average Bonchev–Trinajstić information content (AvgIpc) is 2.67. The minimum atomic E-state index is 0.124. The summed E-state index contributed by atoms with van der Waals surface area (Å²) in [6.45, 7) is 7.78. The van der Waals surface area contributed by atoms with Crippen LogP contribution in [-0.2, 0) is 4.74 Å². The molecule has 0 amide bonds. The molecule has 0 aromatic heterocycles. The van der Waals surface area contributed by atoms with Crippen LogP contribution < -0.4 is 14.8 Å². The topological polar surface area (TPSA) is 39.7 Å². The van der Waals surface area contributed by atoms with Gasteiger partial charge >= 0.3 is 0 Å². The van der Waals surface area contributed by atoms with Crippen molar-refractivity contribution in [2.45, 2.75) is 45.8 Å². The molecule has 4 nitrogen and oxygen atoms in total. The van der Waals surface area contributed by atoms with E-state index in [0.717, 1.165) is 36.5 Å². The first-order chi connectivity index (χ1) is 13.1. The molecule has 2 aromatic carbocycles. The summed E-state index contributed by atoms with van der Waals surface area (Å²) in [7, 11) is 1.72. The third-order valence-electron chi connectivity index (χ3n) is 5.76. The van der Waals surface area contributed by atoms with Crippen molar-refractivity contribution in [1.82, 2.24) is 0 Å². The molecule has 2 aromatic rings. The van der Waals surface area contributed by atoms with Gasteiger partial charge in [0.05, 0.1) is 25.9 Å². The van der Waals surface area contributed by atoms with Gasteiger partial charge in [-0.15, -0.1) is 0 Å². The third-order valence-corrected chi connectivity index (χ3v) is 5.76. The van der Waals surface area contributed by atoms with E-state index in [1.807, 2.05) is 13.0 Å². The molecule has 0 radical (unpaired) electrons. The van der Waals surface area contributed by atoms with E-state index in [4.69, 9.17) is 14.2 Å². The third kappa shape index (κ3) is 3.16. The van der Waals surface area contributed by atoms with Crippen LogP contribution in [0.25, 0.3) is 0 Å². The molecule has 0 spiro atoms. The van der Waals surface area contributed by atoms with Gasteiger partial charge in [-0.25, -0.2) is 0 Å². The quantitative estimate of drug-likeness (QED) is 0.791. The number of rotatable bonds is 4. The molecule has 4 rings (SSSR count). The maximum absolute atomic E-state index is 6.31. The second-order valence-corrected chi connectivity index (χ2v) is 7.58. The van der Waals surface area contributed by atoms with Crippen molar-refractivity contribution >= 4 is 5.69 Å². The fourth-order valence-corrected chi connectivity index (χ4v) is 4.72. The number of aryl methyl sites for hydroxylation is 2. The van der Waals surface area contributed by atoms with Gasteiger partial charge < -0.3 is 19.5 Å². The van der Waals surface area contributed by atoms with Crippen LogP contribution in [0.15, 0.2) is 30.3 Å². The normalized spacial score (nSPS) is 23.8. The van der Waals surface area contributed by atoms with Crippen molar-refractivity contribution in [3.63, 3.8) is 0 Å². The maximum Gasteiger partial charge on any atom is 0.165 e. The second-order valence-electron chi connectivity index (χ2n) is 7.58. The van der Waals surface area contributed by atoms with E-state index < -0.39 is 0 Å². The van der Waals surface area contributed by atoms with E-state index in [-0.39, 0.29) is 12.1 Å². The van der Waals surface area contributed by atoms with Crippen LogP contribution in [0.4, 0.5) is 5.69 Å². The molecule has 0 aliphatic carbocycles. The Morgan fingerprint density at radius 3 is 2.81 bits per heavy atom. The highest BCUT2D eigenvalue weighted by Crippen LogP contribution is 2.52. The monoisotopic (exact) mass is 367 g/mol. The Hall–Kier alpha value is -2.20. The number of ether oxygens (including phenoxy) is 3. The molecule has 27 heavy (non-hydrogen) atoms. The highest BCUT2D eigenvalue weighted by molar-refractivity contribution is 5.64. The zero-order valence-electron chi connectivity index (χ0n) is 16.7. The Balaban J connectivity index is 1.83. The summed E-state index contributed by atoms with van der Waals surface area (Å²) >= 11 is 0. The lowest BCUT2D eigenvalue weighted by atomic mass is 9.76. The number of anilines is 1. The summed E-state index contributed by atoms with van der Waals surface area (Å²) < 4.78 is 17.9. The van der Waals surface area contributed by atoms with Gasteiger partial charge in [0, 0.05) is 29.3 Å². The zero-order valence-corrected chi connectivity index (χ0v) is 16.7. The van der Waals surface area contributed by atoms with Crippen LogP contribution in [0.5, 0.6) is 11.5 Å². The summed E-state index contributed by atoms with van der Waals surface area (Å²) in [6, 6.07) is 10.8. The summed E-state index contributed by atoms with van der Waals surface area (Å²) in [4.78, 5) is 0. The van der Waals surface area contributed by atoms with Crippen molar-refractivity contribution in [1.29, 1.82) is 0 Å². The van der Waals surface area contributed by atoms with Crippen LogP contribution in [-0.4, -0.2) is 20.3 Å². The van der Waals surface area contributed by atoms with Gasteiger partial charge in [0.25, 0.3) is 0 Å². The molecular weight excluding hydrogens is 338 g/mol. The van der Waals surface area contributed by atoms with E-state index in [1.54, 1.807) is 7.11 Å². The molecular formula is C23H29NO3. The Labute approximate surface area is 161 Å². The van der Waals surface area contributed by atoms with Crippen LogP contribution in [0.1, 0.15) is 54.2 Å². The van der Waals surface area contributed by atoms with Gasteiger partial charge in [0.15, 0.2) is 11.5 Å². The number of para-hydroxylation sites is 1. The largest absolute Gasteiger partial charge is 0.492 e. The van der Waals surface area contributed by atoms with Gasteiger partial charge in [-0.05, 0) is 45.2 Å². The van der Waals surface area contributed by atoms with E-state index in [9.17, 15) is 0 Å². The fraction of sp³-hybridized carbons (Fsp3) is 0.478. The van der Waals surface area contributed by atoms with E-state index in [1.165, 1.54) is 22.4 Å². The highest BCUT2D eigenvalue weighted by Gasteiger charge is 2.41. The van der Waals surface area contributed by atoms with Gasteiger partial charge in [0.2, 0.25) is 0 Å². The minimum Gasteiger partial charge on any atom is -0.492 e. The smallest absolute Gasteiger partial charge is 0.165 e. The molecule has 4 heteroatoms. The van der Waals surface area contributed by atoms with Crippen molar-refractivity contribution in [3.8, 4) is 11.5 Å². The molecule has 1 unspecified atom stereocenters. The fourth-order valence-electron chi connectivity index (χ4n) is 4.72. The molecule has 0 bridgehead atoms. The minimum absolute atomic E-state index is 0.124. The summed E-state index contributed by atoms with van der Waals surface area (Å²) in [5, 5.41) is 3.84. The van der Waals surface area contributed by atoms with Gasteiger partial charge in [-0.2, -0.15) is 0 Å². The second kappa shape index (κ2) is 7.43. The molecule has 1 fully saturated rings. The first kappa shape index (κ1) is 18.2. The SMILES string of the molecule is CCOc1cccc(C2Nc3c(C)cc(C)cc3[C@H]3OCCC[C@@H]23)c1OC. The van der Waals surface area contributed by atoms with E-state index in [2.05, 4.69) is 43.4 Å². The van der Waals surface area contributed by atoms with Crippen LogP contribution in [0.3, 0.4) is 0 Å². The molecule has 3 atom stereocenters. The van der Waals surface area contributed by atoms with Crippen LogP contribution >= 0.6 is 0 Å². The van der Waals surface area contributed by atoms with Crippen molar-refractivity contribution < 1.29 is 14.2 Å². The number of hydrogen-bond donors (Lipinski definition) is 1. The Kier molecular flexibility index (Phi) is 5.00. The number of benzene rings is 2. The molecule has 2 aliphatic rings. The summed E-state index contributed by atoms with van der Waals surface area (Å²) in [5.74, 6) is 2.01. The Bertz CT molecular complexity index is 833. The lowest BCUT2D eigenvalue weighted by Gasteiger charge is -2.44. The zero-order chi connectivity index (χ0) is 19.0. The predicted molar refractivity (Wildman–Crippen MR) is 108 cm³/mol. The number of hydrogen-bond acceptors (Lipinski definition) is 4. The number of nitrogens with one attached hydrogen (secondary N) is 1. The maximum atomic E-state index is 6.31. The molecule has 1 N–H and O–H groups in total. The van der Waals surface area contributed by atoms with Crippen LogP contribution in [0.2, 0.25) is 0 Å². The van der Waals surface area contributed by atoms with Gasteiger partial charge in [0.1, 0.15) is 0 Å². The van der Waals surface area contributed by atoms with E-state index in [0.29, 0.717) is 12.5 Å². The Morgan fingerprint density at radius 1 is 1.19 bits per heavy atom. The summed E-state index contributed by atoms with van der Waals surface area (Å²) in [6.07, 6.45) is 2.35. The predicted octanol–water partition coefficient (Wildman–Crippen LogP) is 5.35. The van der Waals surface area contributed by atoms with Crippen LogP contribution in [0, 0.1) is 19.8 Å². The van der Waals surface area contributed by atoms with Gasteiger partial charge in [-0.3, -0.25) is 0 Å². The molecule has 2 heterocycles. The Morgan fingerprint density at radius 2 is 2.04 bits per heavy atom. The lowest BCUT2D eigenvalue weighted by molar-refractivity contribution is -0.0384. The number of fused-ring (bicyclic) bond motifs is 3. The first-order valence-corrected chi connectivity index (χ1v) is 9.93. The van der Waals surface area contributed by atoms with E-state index >= 15 is 0 Å². The van der Waals surface area contributed by atoms with Crippen molar-refractivity contribution in [2.24, 2.45) is 5.92 Å². The molecule has 0 saturated carbocycles. The van der Waals surface area contributed by atoms with Gasteiger partial charge in [-0.1, -0.05) is 29.8 Å². The lowest BCUT2D eigenvalue weighted by Crippen LogP contribution is -2.36. The number of methoxy groups -OCH3 is 1. The molecule has 144 valence electrons. The van der Waals surface area contributed by atoms with Crippen molar-refractivity contribution in [3.05, 3.63) is 52.6 Å². The average molecular weight is 367 g/mol. The van der Waals surface area contributed by atoms with Crippen molar-refractivity contribution in [2.75, 3.05) is 25.6 Å². The first-order valence-electron chi connectivity index (χ1n) is 9.93.